The van der Waals surface area contributed by atoms with Gasteiger partial charge >= 0.3 is 0 Å². The summed E-state index contributed by atoms with van der Waals surface area (Å²) >= 11 is 0. The van der Waals surface area contributed by atoms with Crippen molar-refractivity contribution in [2.45, 2.75) is 25.9 Å². The fraction of sp³-hybridized carbons (Fsp3) is 0.500. The molecule has 0 saturated heterocycles. The van der Waals surface area contributed by atoms with E-state index in [2.05, 4.69) is 12.1 Å². The van der Waals surface area contributed by atoms with Crippen molar-refractivity contribution in [3.8, 4) is 0 Å². The second-order valence-corrected chi connectivity index (χ2v) is 3.88. The van der Waals surface area contributed by atoms with E-state index in [1.54, 1.807) is 7.11 Å². The highest BCUT2D eigenvalue weighted by atomic mass is 16.5. The molecular weight excluding hydrogens is 176 g/mol. The van der Waals surface area contributed by atoms with Gasteiger partial charge in [0, 0.05) is 13.7 Å². The first-order valence-corrected chi connectivity index (χ1v) is 4.85. The van der Waals surface area contributed by atoms with E-state index in [1.165, 1.54) is 0 Å². The molecule has 2 heteroatoms. The van der Waals surface area contributed by atoms with Gasteiger partial charge in [-0.25, -0.2) is 0 Å². The van der Waals surface area contributed by atoms with Crippen LogP contribution in [-0.2, 0) is 16.8 Å². The fourth-order valence-corrected chi connectivity index (χ4v) is 1.32. The van der Waals surface area contributed by atoms with Crippen LogP contribution >= 0.6 is 0 Å². The van der Waals surface area contributed by atoms with Crippen molar-refractivity contribution < 1.29 is 9.84 Å². The molecule has 0 bridgehead atoms. The van der Waals surface area contributed by atoms with E-state index in [-0.39, 0.29) is 12.2 Å². The molecule has 0 saturated carbocycles. The van der Waals surface area contributed by atoms with Crippen molar-refractivity contribution in [1.29, 1.82) is 0 Å². The number of hydrogen-bond acceptors (Lipinski definition) is 2. The number of rotatable bonds is 4. The van der Waals surface area contributed by atoms with Gasteiger partial charge in [0.2, 0.25) is 0 Å². The lowest BCUT2D eigenvalue weighted by molar-refractivity contribution is 0.0192. The summed E-state index contributed by atoms with van der Waals surface area (Å²) in [5.41, 5.74) is 2.07. The fourth-order valence-electron chi connectivity index (χ4n) is 1.32. The lowest BCUT2D eigenvalue weighted by Crippen LogP contribution is -2.19. The molecule has 0 radical (unpaired) electrons. The Hall–Kier alpha value is -0.860. The average molecular weight is 194 g/mol. The first-order chi connectivity index (χ1) is 6.60. The van der Waals surface area contributed by atoms with Gasteiger partial charge in [0.15, 0.2) is 0 Å². The van der Waals surface area contributed by atoms with E-state index in [9.17, 15) is 0 Å². The normalized spacial score (nSPS) is 11.7. The first-order valence-electron chi connectivity index (χ1n) is 4.85. The van der Waals surface area contributed by atoms with Gasteiger partial charge in [-0.3, -0.25) is 0 Å². The second-order valence-electron chi connectivity index (χ2n) is 3.88. The Labute approximate surface area is 85.5 Å². The Kier molecular flexibility index (Phi) is 3.67. The van der Waals surface area contributed by atoms with Crippen LogP contribution in [0, 0.1) is 0 Å². The van der Waals surface area contributed by atoms with Crippen molar-refractivity contribution in [3.63, 3.8) is 0 Å². The zero-order valence-electron chi connectivity index (χ0n) is 9.08. The molecule has 0 spiro atoms. The SMILES string of the molecule is COC(C)(C)c1ccc(CCO)cc1. The number of ether oxygens (including phenoxy) is 1. The van der Waals surface area contributed by atoms with Crippen LogP contribution in [-0.4, -0.2) is 18.8 Å². The standard InChI is InChI=1S/C12H18O2/c1-12(2,14-3)11-6-4-10(5-7-11)8-9-13/h4-7,13H,8-9H2,1-3H3. The monoisotopic (exact) mass is 194 g/mol. The molecule has 1 N–H and O–H groups in total. The Balaban J connectivity index is 2.82. The third-order valence-electron chi connectivity index (χ3n) is 2.56. The van der Waals surface area contributed by atoms with Crippen LogP contribution in [0.3, 0.4) is 0 Å². The van der Waals surface area contributed by atoms with Crippen molar-refractivity contribution in [1.82, 2.24) is 0 Å². The molecule has 0 unspecified atom stereocenters. The van der Waals surface area contributed by atoms with E-state index in [1.807, 2.05) is 26.0 Å². The minimum absolute atomic E-state index is 0.201. The molecule has 0 aromatic heterocycles. The highest BCUT2D eigenvalue weighted by Gasteiger charge is 2.18. The van der Waals surface area contributed by atoms with E-state index in [0.717, 1.165) is 11.1 Å². The summed E-state index contributed by atoms with van der Waals surface area (Å²) in [6.07, 6.45) is 0.716. The highest BCUT2D eigenvalue weighted by molar-refractivity contribution is 5.26. The lowest BCUT2D eigenvalue weighted by Gasteiger charge is -2.23. The third kappa shape index (κ3) is 2.56. The number of benzene rings is 1. The molecule has 1 aromatic rings. The van der Waals surface area contributed by atoms with Gasteiger partial charge in [0.05, 0.1) is 5.60 Å². The van der Waals surface area contributed by atoms with Crippen LogP contribution in [0.5, 0.6) is 0 Å². The maximum absolute atomic E-state index is 8.77. The minimum atomic E-state index is -0.238. The number of hydrogen-bond donors (Lipinski definition) is 1. The molecule has 0 atom stereocenters. The maximum atomic E-state index is 8.77. The maximum Gasteiger partial charge on any atom is 0.0871 e. The second kappa shape index (κ2) is 4.58. The molecule has 0 fully saturated rings. The predicted molar refractivity (Wildman–Crippen MR) is 57.3 cm³/mol. The molecule has 1 rings (SSSR count). The first kappa shape index (κ1) is 11.2. The smallest absolute Gasteiger partial charge is 0.0871 e. The average Bonchev–Trinajstić information content (AvgIpc) is 2.19. The summed E-state index contributed by atoms with van der Waals surface area (Å²) in [7, 11) is 1.71. The Morgan fingerprint density at radius 3 is 2.21 bits per heavy atom. The van der Waals surface area contributed by atoms with Crippen molar-refractivity contribution >= 4 is 0 Å². The molecule has 2 nitrogen and oxygen atoms in total. The molecule has 0 amide bonds. The number of aliphatic hydroxyl groups excluding tert-OH is 1. The Morgan fingerprint density at radius 2 is 1.79 bits per heavy atom. The van der Waals surface area contributed by atoms with E-state index in [4.69, 9.17) is 9.84 Å². The van der Waals surface area contributed by atoms with Crippen LogP contribution in [0.15, 0.2) is 24.3 Å². The Bertz CT molecular complexity index is 275. The van der Waals surface area contributed by atoms with Crippen LogP contribution in [0.4, 0.5) is 0 Å². The summed E-state index contributed by atoms with van der Waals surface area (Å²) < 4.78 is 5.37. The summed E-state index contributed by atoms with van der Waals surface area (Å²) in [5, 5.41) is 8.77. The Morgan fingerprint density at radius 1 is 1.21 bits per heavy atom. The van der Waals surface area contributed by atoms with Gasteiger partial charge in [0.25, 0.3) is 0 Å². The van der Waals surface area contributed by atoms with Crippen LogP contribution in [0.2, 0.25) is 0 Å². The number of methoxy groups -OCH3 is 1. The molecule has 0 aliphatic rings. The summed E-state index contributed by atoms with van der Waals surface area (Å²) in [6.45, 7) is 4.27. The highest BCUT2D eigenvalue weighted by Crippen LogP contribution is 2.23. The largest absolute Gasteiger partial charge is 0.396 e. The van der Waals surface area contributed by atoms with E-state index in [0.29, 0.717) is 6.42 Å². The zero-order valence-corrected chi connectivity index (χ0v) is 9.08. The van der Waals surface area contributed by atoms with Gasteiger partial charge < -0.3 is 9.84 Å². The molecule has 14 heavy (non-hydrogen) atoms. The molecule has 1 aromatic carbocycles. The van der Waals surface area contributed by atoms with Gasteiger partial charge in [-0.1, -0.05) is 24.3 Å². The molecule has 0 aliphatic carbocycles. The minimum Gasteiger partial charge on any atom is -0.396 e. The van der Waals surface area contributed by atoms with Crippen molar-refractivity contribution in [2.24, 2.45) is 0 Å². The van der Waals surface area contributed by atoms with Crippen LogP contribution in [0.25, 0.3) is 0 Å². The van der Waals surface area contributed by atoms with Gasteiger partial charge in [-0.15, -0.1) is 0 Å². The number of aliphatic hydroxyl groups is 1. The van der Waals surface area contributed by atoms with Gasteiger partial charge in [-0.05, 0) is 31.4 Å². The molecule has 78 valence electrons. The molecular formula is C12H18O2. The van der Waals surface area contributed by atoms with E-state index < -0.39 is 0 Å². The van der Waals surface area contributed by atoms with E-state index >= 15 is 0 Å². The summed E-state index contributed by atoms with van der Waals surface area (Å²) in [6, 6.07) is 8.17. The lowest BCUT2D eigenvalue weighted by atomic mass is 9.96. The topological polar surface area (TPSA) is 29.5 Å². The van der Waals surface area contributed by atoms with Crippen LogP contribution < -0.4 is 0 Å². The zero-order chi connectivity index (χ0) is 10.6. The van der Waals surface area contributed by atoms with Gasteiger partial charge in [-0.2, -0.15) is 0 Å². The molecule has 0 aliphatic heterocycles. The predicted octanol–water partition coefficient (Wildman–Crippen LogP) is 2.10. The van der Waals surface area contributed by atoms with Crippen LogP contribution in [0.1, 0.15) is 25.0 Å². The molecule has 0 heterocycles. The summed E-state index contributed by atoms with van der Waals surface area (Å²) in [5.74, 6) is 0. The van der Waals surface area contributed by atoms with Crippen molar-refractivity contribution in [2.75, 3.05) is 13.7 Å². The summed E-state index contributed by atoms with van der Waals surface area (Å²) in [4.78, 5) is 0. The quantitative estimate of drug-likeness (QED) is 0.795. The third-order valence-corrected chi connectivity index (χ3v) is 2.56. The van der Waals surface area contributed by atoms with Crippen molar-refractivity contribution in [3.05, 3.63) is 35.4 Å². The van der Waals surface area contributed by atoms with Gasteiger partial charge in [0.1, 0.15) is 0 Å².